The van der Waals surface area contributed by atoms with Crippen LogP contribution in [0.4, 0.5) is 37.8 Å². The molecule has 3 rings (SSSR count). The summed E-state index contributed by atoms with van der Waals surface area (Å²) in [6, 6.07) is 2.46. The highest BCUT2D eigenvalue weighted by Crippen LogP contribution is 2.37. The van der Waals surface area contributed by atoms with E-state index < -0.39 is 34.9 Å². The number of nitro groups is 1. The van der Waals surface area contributed by atoms with Crippen LogP contribution in [0.2, 0.25) is 0 Å². The van der Waals surface area contributed by atoms with Gasteiger partial charge in [-0.25, -0.2) is 4.98 Å². The van der Waals surface area contributed by atoms with Crippen molar-refractivity contribution >= 4 is 17.5 Å². The molecule has 2 N–H and O–H groups in total. The van der Waals surface area contributed by atoms with E-state index in [-0.39, 0.29) is 35.4 Å². The topological polar surface area (TPSA) is 126 Å². The molecule has 1 fully saturated rings. The Balaban J connectivity index is 2.09. The van der Waals surface area contributed by atoms with Gasteiger partial charge in [0.2, 0.25) is 5.96 Å². The SMILES string of the molecule is CCN(CC1CCCC1)c1ncc([N+](=O)[O-])cc1CN(Cc1cc(C(F)(F)F)cc(C(F)(F)F)c1)C(N)=NN=NC. The Hall–Kier alpha value is -3.98. The Morgan fingerprint density at radius 2 is 1.68 bits per heavy atom. The van der Waals surface area contributed by atoms with Gasteiger partial charge in [0, 0.05) is 31.3 Å². The molecule has 0 saturated heterocycles. The molecule has 10 nitrogen and oxygen atoms in total. The summed E-state index contributed by atoms with van der Waals surface area (Å²) in [7, 11) is 1.29. The van der Waals surface area contributed by atoms with Crippen LogP contribution in [0.1, 0.15) is 54.9 Å². The van der Waals surface area contributed by atoms with Crippen molar-refractivity contribution in [1.82, 2.24) is 9.88 Å². The molecular weight excluding hydrogens is 558 g/mol. The number of hydrogen-bond donors (Lipinski definition) is 1. The molecule has 0 bridgehead atoms. The van der Waals surface area contributed by atoms with Gasteiger partial charge < -0.3 is 15.5 Å². The third-order valence-electron chi connectivity index (χ3n) is 6.72. The molecule has 16 heteroatoms. The van der Waals surface area contributed by atoms with Crippen molar-refractivity contribution in [3.8, 4) is 0 Å². The third-order valence-corrected chi connectivity index (χ3v) is 6.72. The van der Waals surface area contributed by atoms with Crippen molar-refractivity contribution in [3.05, 3.63) is 62.8 Å². The highest BCUT2D eigenvalue weighted by molar-refractivity contribution is 5.78. The van der Waals surface area contributed by atoms with Crippen LogP contribution < -0.4 is 10.6 Å². The average molecular weight is 589 g/mol. The van der Waals surface area contributed by atoms with Crippen molar-refractivity contribution in [1.29, 1.82) is 0 Å². The molecule has 0 aliphatic heterocycles. The first-order chi connectivity index (χ1) is 19.2. The number of guanidine groups is 1. The van der Waals surface area contributed by atoms with Crippen LogP contribution >= 0.6 is 0 Å². The number of halogens is 6. The van der Waals surface area contributed by atoms with Gasteiger partial charge in [0.25, 0.3) is 5.69 Å². The number of anilines is 1. The Bertz CT molecular complexity index is 1240. The first-order valence-corrected chi connectivity index (χ1v) is 12.8. The molecule has 0 spiro atoms. The summed E-state index contributed by atoms with van der Waals surface area (Å²) in [6.45, 7) is 2.18. The summed E-state index contributed by atoms with van der Waals surface area (Å²) in [4.78, 5) is 18.3. The minimum Gasteiger partial charge on any atom is -0.368 e. The minimum absolute atomic E-state index is 0.0291. The zero-order chi connectivity index (χ0) is 30.4. The van der Waals surface area contributed by atoms with E-state index in [9.17, 15) is 36.5 Å². The van der Waals surface area contributed by atoms with Gasteiger partial charge in [0.05, 0.1) is 29.6 Å². The highest BCUT2D eigenvalue weighted by Gasteiger charge is 2.37. The Kier molecular flexibility index (Phi) is 10.1. The summed E-state index contributed by atoms with van der Waals surface area (Å²) >= 11 is 0. The predicted octanol–water partition coefficient (Wildman–Crippen LogP) is 6.36. The van der Waals surface area contributed by atoms with E-state index in [4.69, 9.17) is 5.73 Å². The fourth-order valence-electron chi connectivity index (χ4n) is 4.77. The molecule has 0 amide bonds. The fraction of sp³-hybridized carbons (Fsp3) is 0.520. The van der Waals surface area contributed by atoms with Crippen molar-refractivity contribution in [3.63, 3.8) is 0 Å². The van der Waals surface area contributed by atoms with E-state index in [1.807, 2.05) is 11.8 Å². The van der Waals surface area contributed by atoms with Crippen LogP contribution in [0.25, 0.3) is 0 Å². The standard InChI is InChI=1S/C25H30F6N8O2/c1-3-37(13-16-6-4-5-7-16)22-18(10-21(12-34-22)39(40)41)15-38(23(32)35-36-33-2)14-17-8-19(24(26,27)28)11-20(9-17)25(29,30)31/h8-12,16H,3-7,13-15H2,1-2H3,(H2,32,33,35). The maximum absolute atomic E-state index is 13.5. The molecule has 0 atom stereocenters. The van der Waals surface area contributed by atoms with E-state index >= 15 is 0 Å². The molecule has 1 saturated carbocycles. The molecular formula is C25H30F6N8O2. The summed E-state index contributed by atoms with van der Waals surface area (Å²) in [6.07, 6.45) is -4.77. The number of rotatable bonds is 10. The number of benzene rings is 1. The summed E-state index contributed by atoms with van der Waals surface area (Å²) in [5, 5.41) is 22.1. The quantitative estimate of drug-likeness (QED) is 0.0860. The predicted molar refractivity (Wildman–Crippen MR) is 139 cm³/mol. The molecule has 0 unspecified atom stereocenters. The Morgan fingerprint density at radius 1 is 1.07 bits per heavy atom. The molecule has 1 aromatic carbocycles. The monoisotopic (exact) mass is 588 g/mol. The smallest absolute Gasteiger partial charge is 0.368 e. The normalized spacial score (nSPS) is 15.1. The first-order valence-electron chi connectivity index (χ1n) is 12.8. The lowest BCUT2D eigenvalue weighted by atomic mass is 10.0. The maximum atomic E-state index is 13.5. The van der Waals surface area contributed by atoms with Crippen molar-refractivity contribution in [2.24, 2.45) is 27.1 Å². The Morgan fingerprint density at radius 3 is 2.20 bits per heavy atom. The number of nitrogens with two attached hydrogens (primary N) is 1. The number of nitrogens with zero attached hydrogens (tertiary/aromatic N) is 7. The van der Waals surface area contributed by atoms with Crippen molar-refractivity contribution in [2.75, 3.05) is 25.0 Å². The van der Waals surface area contributed by atoms with E-state index in [0.717, 1.165) is 36.8 Å². The number of alkyl halides is 6. The zero-order valence-corrected chi connectivity index (χ0v) is 22.4. The van der Waals surface area contributed by atoms with Gasteiger partial charge in [-0.05, 0) is 54.7 Å². The van der Waals surface area contributed by atoms with Crippen LogP contribution in [0, 0.1) is 16.0 Å². The third kappa shape index (κ3) is 8.50. The molecule has 1 aromatic heterocycles. The largest absolute Gasteiger partial charge is 0.416 e. The lowest BCUT2D eigenvalue weighted by molar-refractivity contribution is -0.385. The average Bonchev–Trinajstić information content (AvgIpc) is 3.42. The molecule has 224 valence electrons. The highest BCUT2D eigenvalue weighted by atomic mass is 19.4. The lowest BCUT2D eigenvalue weighted by Crippen LogP contribution is -2.37. The molecule has 0 radical (unpaired) electrons. The minimum atomic E-state index is -5.05. The summed E-state index contributed by atoms with van der Waals surface area (Å²) < 4.78 is 80.9. The lowest BCUT2D eigenvalue weighted by Gasteiger charge is -2.30. The van der Waals surface area contributed by atoms with Crippen molar-refractivity contribution < 1.29 is 31.3 Å². The second-order valence-electron chi connectivity index (χ2n) is 9.64. The van der Waals surface area contributed by atoms with Crippen molar-refractivity contribution in [2.45, 2.75) is 58.0 Å². The fourth-order valence-corrected chi connectivity index (χ4v) is 4.77. The summed E-state index contributed by atoms with van der Waals surface area (Å²) in [5.74, 6) is 0.399. The van der Waals surface area contributed by atoms with Gasteiger partial charge in [-0.3, -0.25) is 10.1 Å². The Labute approximate surface area is 232 Å². The van der Waals surface area contributed by atoms with Gasteiger partial charge in [-0.1, -0.05) is 17.9 Å². The maximum Gasteiger partial charge on any atom is 0.416 e. The van der Waals surface area contributed by atoms with Crippen LogP contribution in [-0.2, 0) is 25.4 Å². The van der Waals surface area contributed by atoms with Gasteiger partial charge in [-0.15, -0.1) is 0 Å². The number of aromatic nitrogens is 1. The van der Waals surface area contributed by atoms with Crippen LogP contribution in [0.15, 0.2) is 45.9 Å². The molecule has 1 aliphatic carbocycles. The van der Waals surface area contributed by atoms with Crippen LogP contribution in [-0.4, -0.2) is 40.9 Å². The molecule has 41 heavy (non-hydrogen) atoms. The molecule has 1 heterocycles. The van der Waals surface area contributed by atoms with Crippen LogP contribution in [0.3, 0.4) is 0 Å². The second kappa shape index (κ2) is 13.1. The van der Waals surface area contributed by atoms with E-state index in [1.54, 1.807) is 0 Å². The molecule has 1 aliphatic rings. The number of pyridine rings is 1. The van der Waals surface area contributed by atoms with Gasteiger partial charge in [0.1, 0.15) is 12.0 Å². The first kappa shape index (κ1) is 31.5. The summed E-state index contributed by atoms with van der Waals surface area (Å²) in [5.41, 5.74) is 2.65. The zero-order valence-electron chi connectivity index (χ0n) is 22.4. The van der Waals surface area contributed by atoms with Gasteiger partial charge in [0.15, 0.2) is 0 Å². The van der Waals surface area contributed by atoms with E-state index in [0.29, 0.717) is 37.0 Å². The van der Waals surface area contributed by atoms with Crippen LogP contribution in [0.5, 0.6) is 0 Å². The number of hydrogen-bond acceptors (Lipinski definition) is 6. The van der Waals surface area contributed by atoms with E-state index in [1.165, 1.54) is 13.1 Å². The van der Waals surface area contributed by atoms with Gasteiger partial charge >= 0.3 is 12.4 Å². The molecule has 2 aromatic rings. The van der Waals surface area contributed by atoms with E-state index in [2.05, 4.69) is 20.4 Å². The second-order valence-corrected chi connectivity index (χ2v) is 9.64. The van der Waals surface area contributed by atoms with Gasteiger partial charge in [-0.2, -0.15) is 31.5 Å².